The maximum absolute atomic E-state index is 12.2. The van der Waals surface area contributed by atoms with Gasteiger partial charge in [0.1, 0.15) is 0 Å². The van der Waals surface area contributed by atoms with Crippen LogP contribution in [0.2, 0.25) is 0 Å². The van der Waals surface area contributed by atoms with E-state index in [2.05, 4.69) is 29.4 Å². The highest BCUT2D eigenvalue weighted by molar-refractivity contribution is 5.81. The third-order valence-corrected chi connectivity index (χ3v) is 4.66. The van der Waals surface area contributed by atoms with Gasteiger partial charge < -0.3 is 10.6 Å². The molecule has 4 heteroatoms. The van der Waals surface area contributed by atoms with E-state index in [9.17, 15) is 4.79 Å². The summed E-state index contributed by atoms with van der Waals surface area (Å²) < 4.78 is 0. The number of carbonyl (C=O) groups excluding carboxylic acids is 1. The number of nitrogens with zero attached hydrogens (tertiary/aromatic N) is 1. The molecule has 0 spiro atoms. The Morgan fingerprint density at radius 2 is 2.21 bits per heavy atom. The fourth-order valence-corrected chi connectivity index (χ4v) is 3.43. The molecule has 0 aromatic rings. The lowest BCUT2D eigenvalue weighted by Gasteiger charge is -2.25. The van der Waals surface area contributed by atoms with Gasteiger partial charge in [0.2, 0.25) is 5.91 Å². The van der Waals surface area contributed by atoms with Gasteiger partial charge >= 0.3 is 0 Å². The van der Waals surface area contributed by atoms with Crippen molar-refractivity contribution in [2.75, 3.05) is 19.6 Å². The molecule has 4 atom stereocenters. The first-order chi connectivity index (χ1) is 9.11. The van der Waals surface area contributed by atoms with Gasteiger partial charge in [-0.1, -0.05) is 13.3 Å². The number of piperidine rings is 1. The van der Waals surface area contributed by atoms with Gasteiger partial charge in [-0.3, -0.25) is 9.69 Å². The molecule has 110 valence electrons. The third kappa shape index (κ3) is 3.69. The van der Waals surface area contributed by atoms with E-state index in [1.54, 1.807) is 0 Å². The molecule has 0 saturated carbocycles. The number of likely N-dealkylation sites (tertiary alicyclic amines) is 1. The van der Waals surface area contributed by atoms with Crippen LogP contribution in [-0.4, -0.2) is 48.6 Å². The van der Waals surface area contributed by atoms with E-state index in [1.807, 2.05) is 6.92 Å². The summed E-state index contributed by atoms with van der Waals surface area (Å²) in [5.74, 6) is 0.941. The minimum Gasteiger partial charge on any atom is -0.352 e. The van der Waals surface area contributed by atoms with Crippen molar-refractivity contribution in [3.63, 3.8) is 0 Å². The van der Waals surface area contributed by atoms with Crippen LogP contribution >= 0.6 is 0 Å². The Hall–Kier alpha value is -0.610. The maximum Gasteiger partial charge on any atom is 0.237 e. The Kier molecular flexibility index (Phi) is 5.22. The quantitative estimate of drug-likeness (QED) is 0.790. The standard InChI is InChI=1S/C15H29N3O/c1-4-6-11(2)17-15(19)12(3)18-9-13-7-5-8-16-14(13)10-18/h11-14,16H,4-10H2,1-3H3,(H,17,19)/t11?,12?,13-,14+/m0/s1. The largest absolute Gasteiger partial charge is 0.352 e. The van der Waals surface area contributed by atoms with Gasteiger partial charge in [-0.25, -0.2) is 0 Å². The second kappa shape index (κ2) is 6.71. The van der Waals surface area contributed by atoms with Gasteiger partial charge in [-0.15, -0.1) is 0 Å². The number of hydrogen-bond acceptors (Lipinski definition) is 3. The molecule has 0 bridgehead atoms. The summed E-state index contributed by atoms with van der Waals surface area (Å²) in [5.41, 5.74) is 0. The molecule has 2 aliphatic heterocycles. The molecule has 0 aliphatic carbocycles. The summed E-state index contributed by atoms with van der Waals surface area (Å²) >= 11 is 0. The van der Waals surface area contributed by atoms with Crippen molar-refractivity contribution in [2.45, 2.75) is 64.6 Å². The number of nitrogens with one attached hydrogen (secondary N) is 2. The van der Waals surface area contributed by atoms with Crippen LogP contribution in [0, 0.1) is 5.92 Å². The van der Waals surface area contributed by atoms with E-state index < -0.39 is 0 Å². The lowest BCUT2D eigenvalue weighted by atomic mass is 9.94. The van der Waals surface area contributed by atoms with Crippen molar-refractivity contribution < 1.29 is 4.79 Å². The minimum atomic E-state index is 0.00621. The van der Waals surface area contributed by atoms with E-state index in [4.69, 9.17) is 0 Å². The monoisotopic (exact) mass is 267 g/mol. The molecule has 19 heavy (non-hydrogen) atoms. The smallest absolute Gasteiger partial charge is 0.237 e. The van der Waals surface area contributed by atoms with E-state index in [-0.39, 0.29) is 11.9 Å². The van der Waals surface area contributed by atoms with Crippen molar-refractivity contribution in [1.82, 2.24) is 15.5 Å². The van der Waals surface area contributed by atoms with Crippen LogP contribution < -0.4 is 10.6 Å². The van der Waals surface area contributed by atoms with Crippen molar-refractivity contribution in [1.29, 1.82) is 0 Å². The zero-order valence-electron chi connectivity index (χ0n) is 12.6. The van der Waals surface area contributed by atoms with Gasteiger partial charge in [-0.05, 0) is 45.6 Å². The zero-order chi connectivity index (χ0) is 13.8. The first kappa shape index (κ1) is 14.8. The zero-order valence-corrected chi connectivity index (χ0v) is 12.6. The van der Waals surface area contributed by atoms with Crippen LogP contribution in [0.5, 0.6) is 0 Å². The molecule has 2 aliphatic rings. The fraction of sp³-hybridized carbons (Fsp3) is 0.933. The predicted molar refractivity (Wildman–Crippen MR) is 78.1 cm³/mol. The number of fused-ring (bicyclic) bond motifs is 1. The number of amides is 1. The Balaban J connectivity index is 1.82. The highest BCUT2D eigenvalue weighted by Gasteiger charge is 2.37. The Morgan fingerprint density at radius 3 is 2.89 bits per heavy atom. The predicted octanol–water partition coefficient (Wildman–Crippen LogP) is 1.36. The summed E-state index contributed by atoms with van der Waals surface area (Å²) in [5, 5.41) is 6.73. The lowest BCUT2D eigenvalue weighted by Crippen LogP contribution is -2.47. The SMILES string of the molecule is CCCC(C)NC(=O)C(C)N1C[C@@H]2CCCN[C@@H]2C1. The summed E-state index contributed by atoms with van der Waals surface area (Å²) in [6.07, 6.45) is 4.77. The van der Waals surface area contributed by atoms with Crippen LogP contribution in [0.1, 0.15) is 46.5 Å². The van der Waals surface area contributed by atoms with Gasteiger partial charge in [0.25, 0.3) is 0 Å². The average Bonchev–Trinajstić information content (AvgIpc) is 2.81. The number of hydrogen-bond donors (Lipinski definition) is 2. The second-order valence-electron chi connectivity index (χ2n) is 6.29. The summed E-state index contributed by atoms with van der Waals surface area (Å²) in [7, 11) is 0. The van der Waals surface area contributed by atoms with E-state index in [1.165, 1.54) is 12.8 Å². The molecule has 1 amide bonds. The maximum atomic E-state index is 12.2. The Bertz CT molecular complexity index is 294. The molecule has 2 saturated heterocycles. The highest BCUT2D eigenvalue weighted by Crippen LogP contribution is 2.26. The molecule has 2 rings (SSSR count). The molecular formula is C15H29N3O. The number of rotatable bonds is 5. The molecule has 2 fully saturated rings. The first-order valence-corrected chi connectivity index (χ1v) is 7.89. The van der Waals surface area contributed by atoms with Gasteiger partial charge in [0.05, 0.1) is 6.04 Å². The van der Waals surface area contributed by atoms with E-state index in [0.717, 1.165) is 38.4 Å². The molecule has 2 heterocycles. The molecule has 4 nitrogen and oxygen atoms in total. The lowest BCUT2D eigenvalue weighted by molar-refractivity contribution is -0.126. The molecule has 0 aromatic heterocycles. The fourth-order valence-electron chi connectivity index (χ4n) is 3.43. The molecule has 2 unspecified atom stereocenters. The molecule has 0 aromatic carbocycles. The topological polar surface area (TPSA) is 44.4 Å². The number of carbonyl (C=O) groups is 1. The van der Waals surface area contributed by atoms with Crippen molar-refractivity contribution in [2.24, 2.45) is 5.92 Å². The molecule has 0 radical (unpaired) electrons. The Labute approximate surface area is 117 Å². The van der Waals surface area contributed by atoms with Crippen molar-refractivity contribution in [3.05, 3.63) is 0 Å². The second-order valence-corrected chi connectivity index (χ2v) is 6.29. The van der Waals surface area contributed by atoms with Crippen molar-refractivity contribution >= 4 is 5.91 Å². The summed E-state index contributed by atoms with van der Waals surface area (Å²) in [6, 6.07) is 0.909. The van der Waals surface area contributed by atoms with Crippen LogP contribution in [0.3, 0.4) is 0 Å². The van der Waals surface area contributed by atoms with Gasteiger partial charge in [0.15, 0.2) is 0 Å². The normalized spacial score (nSPS) is 30.7. The van der Waals surface area contributed by atoms with E-state index in [0.29, 0.717) is 12.1 Å². The first-order valence-electron chi connectivity index (χ1n) is 7.89. The molecular weight excluding hydrogens is 238 g/mol. The highest BCUT2D eigenvalue weighted by atomic mass is 16.2. The van der Waals surface area contributed by atoms with Crippen molar-refractivity contribution in [3.8, 4) is 0 Å². The van der Waals surface area contributed by atoms with Crippen LogP contribution in [-0.2, 0) is 4.79 Å². The average molecular weight is 267 g/mol. The molecule has 2 N–H and O–H groups in total. The van der Waals surface area contributed by atoms with Gasteiger partial charge in [0, 0.05) is 25.2 Å². The van der Waals surface area contributed by atoms with Crippen LogP contribution in [0.25, 0.3) is 0 Å². The Morgan fingerprint density at radius 1 is 1.42 bits per heavy atom. The van der Waals surface area contributed by atoms with Crippen LogP contribution in [0.4, 0.5) is 0 Å². The third-order valence-electron chi connectivity index (χ3n) is 4.66. The summed E-state index contributed by atoms with van der Waals surface area (Å²) in [4.78, 5) is 14.6. The summed E-state index contributed by atoms with van der Waals surface area (Å²) in [6.45, 7) is 9.55. The minimum absolute atomic E-state index is 0.00621. The van der Waals surface area contributed by atoms with Crippen LogP contribution in [0.15, 0.2) is 0 Å². The van der Waals surface area contributed by atoms with E-state index >= 15 is 0 Å². The van der Waals surface area contributed by atoms with Gasteiger partial charge in [-0.2, -0.15) is 0 Å².